The molecular formula is C15H25N3O2S. The highest BCUT2D eigenvalue weighted by Crippen LogP contribution is 2.25. The van der Waals surface area contributed by atoms with Crippen molar-refractivity contribution in [3.05, 3.63) is 30.1 Å². The standard InChI is InChI=1S/C15H25N3O2S/c16-9-12-18(15-4-2-1-3-5-15)21(19,20)13-8-14-6-10-17-11-7-14/h6-7,10-11,15H,1-5,8-9,12-13,16H2. The third-order valence-corrected chi connectivity index (χ3v) is 6.00. The van der Waals surface area contributed by atoms with E-state index in [0.717, 1.165) is 31.2 Å². The van der Waals surface area contributed by atoms with Crippen molar-refractivity contribution in [2.75, 3.05) is 18.8 Å². The highest BCUT2D eigenvalue weighted by atomic mass is 32.2. The van der Waals surface area contributed by atoms with Gasteiger partial charge in [0.15, 0.2) is 0 Å². The fourth-order valence-corrected chi connectivity index (χ4v) is 4.74. The van der Waals surface area contributed by atoms with Gasteiger partial charge in [-0.05, 0) is 37.0 Å². The number of hydrogen-bond donors (Lipinski definition) is 1. The molecule has 0 radical (unpaired) electrons. The van der Waals surface area contributed by atoms with Crippen molar-refractivity contribution in [2.24, 2.45) is 5.73 Å². The van der Waals surface area contributed by atoms with E-state index in [1.54, 1.807) is 16.7 Å². The van der Waals surface area contributed by atoms with Gasteiger partial charge < -0.3 is 5.73 Å². The minimum atomic E-state index is -3.25. The van der Waals surface area contributed by atoms with E-state index in [9.17, 15) is 8.42 Å². The number of nitrogens with two attached hydrogens (primary N) is 1. The average Bonchev–Trinajstić information content (AvgIpc) is 2.52. The molecule has 1 heterocycles. The third kappa shape index (κ3) is 4.76. The van der Waals surface area contributed by atoms with Gasteiger partial charge in [0.2, 0.25) is 10.0 Å². The predicted molar refractivity (Wildman–Crippen MR) is 84.4 cm³/mol. The van der Waals surface area contributed by atoms with Crippen molar-refractivity contribution >= 4 is 10.0 Å². The van der Waals surface area contributed by atoms with Crippen molar-refractivity contribution in [3.63, 3.8) is 0 Å². The average molecular weight is 311 g/mol. The number of sulfonamides is 1. The van der Waals surface area contributed by atoms with Crippen LogP contribution in [0.3, 0.4) is 0 Å². The zero-order chi connectivity index (χ0) is 15.1. The zero-order valence-electron chi connectivity index (χ0n) is 12.4. The fourth-order valence-electron chi connectivity index (χ4n) is 2.96. The molecule has 1 aromatic rings. The van der Waals surface area contributed by atoms with Gasteiger partial charge in [0.1, 0.15) is 0 Å². The van der Waals surface area contributed by atoms with Crippen LogP contribution in [0.25, 0.3) is 0 Å². The van der Waals surface area contributed by atoms with Crippen molar-refractivity contribution in [1.29, 1.82) is 0 Å². The maximum Gasteiger partial charge on any atom is 0.214 e. The third-order valence-electron chi connectivity index (χ3n) is 4.09. The normalized spacial score (nSPS) is 17.2. The second-order valence-electron chi connectivity index (χ2n) is 5.61. The molecule has 1 fully saturated rings. The van der Waals surface area contributed by atoms with E-state index in [1.807, 2.05) is 12.1 Å². The van der Waals surface area contributed by atoms with Crippen molar-refractivity contribution < 1.29 is 8.42 Å². The van der Waals surface area contributed by atoms with Crippen LogP contribution in [0.1, 0.15) is 37.7 Å². The van der Waals surface area contributed by atoms with Gasteiger partial charge in [-0.15, -0.1) is 0 Å². The Labute approximate surface area is 127 Å². The van der Waals surface area contributed by atoms with Crippen LogP contribution in [0, 0.1) is 0 Å². The molecule has 0 unspecified atom stereocenters. The molecule has 0 aliphatic heterocycles. The van der Waals surface area contributed by atoms with Crippen LogP contribution >= 0.6 is 0 Å². The maximum absolute atomic E-state index is 12.6. The molecule has 118 valence electrons. The van der Waals surface area contributed by atoms with Gasteiger partial charge in [0.05, 0.1) is 5.75 Å². The van der Waals surface area contributed by atoms with E-state index < -0.39 is 10.0 Å². The smallest absolute Gasteiger partial charge is 0.214 e. The Hall–Kier alpha value is -0.980. The highest BCUT2D eigenvalue weighted by Gasteiger charge is 2.29. The van der Waals surface area contributed by atoms with Crippen LogP contribution in [0.4, 0.5) is 0 Å². The van der Waals surface area contributed by atoms with Gasteiger partial charge in [-0.1, -0.05) is 19.3 Å². The van der Waals surface area contributed by atoms with E-state index in [0.29, 0.717) is 19.5 Å². The first-order valence-corrected chi connectivity index (χ1v) is 9.33. The second kappa shape index (κ2) is 7.87. The molecule has 0 amide bonds. The SMILES string of the molecule is NCCN(C1CCCCC1)S(=O)(=O)CCc1ccncc1. The van der Waals surface area contributed by atoms with Crippen LogP contribution in [-0.4, -0.2) is 42.6 Å². The lowest BCUT2D eigenvalue weighted by Gasteiger charge is -2.33. The van der Waals surface area contributed by atoms with Gasteiger partial charge >= 0.3 is 0 Å². The Bertz CT molecular complexity index is 513. The Balaban J connectivity index is 2.02. The highest BCUT2D eigenvalue weighted by molar-refractivity contribution is 7.89. The Morgan fingerprint density at radius 2 is 1.86 bits per heavy atom. The van der Waals surface area contributed by atoms with Crippen molar-refractivity contribution in [2.45, 2.75) is 44.6 Å². The molecule has 0 aromatic carbocycles. The summed E-state index contributed by atoms with van der Waals surface area (Å²) in [5.74, 6) is 0.146. The largest absolute Gasteiger partial charge is 0.329 e. The molecular weight excluding hydrogens is 286 g/mol. The molecule has 1 aromatic heterocycles. The molecule has 0 atom stereocenters. The fraction of sp³-hybridized carbons (Fsp3) is 0.667. The first kappa shape index (κ1) is 16.4. The lowest BCUT2D eigenvalue weighted by Crippen LogP contribution is -2.45. The maximum atomic E-state index is 12.6. The molecule has 2 rings (SSSR count). The summed E-state index contributed by atoms with van der Waals surface area (Å²) < 4.78 is 27.0. The Morgan fingerprint density at radius 3 is 2.48 bits per heavy atom. The van der Waals surface area contributed by atoms with Crippen molar-refractivity contribution in [1.82, 2.24) is 9.29 Å². The minimum Gasteiger partial charge on any atom is -0.329 e. The second-order valence-corrected chi connectivity index (χ2v) is 7.65. The summed E-state index contributed by atoms with van der Waals surface area (Å²) in [6.07, 6.45) is 9.30. The topological polar surface area (TPSA) is 76.3 Å². The number of aromatic nitrogens is 1. The Morgan fingerprint density at radius 1 is 1.19 bits per heavy atom. The summed E-state index contributed by atoms with van der Waals surface area (Å²) >= 11 is 0. The summed E-state index contributed by atoms with van der Waals surface area (Å²) in [4.78, 5) is 3.95. The number of nitrogens with zero attached hydrogens (tertiary/aromatic N) is 2. The van der Waals surface area contributed by atoms with Gasteiger partial charge in [-0.2, -0.15) is 4.31 Å². The van der Waals surface area contributed by atoms with Crippen LogP contribution in [0.2, 0.25) is 0 Å². The van der Waals surface area contributed by atoms with Crippen LogP contribution in [0.5, 0.6) is 0 Å². The quantitative estimate of drug-likeness (QED) is 0.829. The summed E-state index contributed by atoms with van der Waals surface area (Å²) in [6.45, 7) is 0.814. The molecule has 21 heavy (non-hydrogen) atoms. The predicted octanol–water partition coefficient (Wildman–Crippen LogP) is 1.55. The van der Waals surface area contributed by atoms with E-state index in [4.69, 9.17) is 5.73 Å². The monoisotopic (exact) mass is 311 g/mol. The number of rotatable bonds is 7. The number of hydrogen-bond acceptors (Lipinski definition) is 4. The molecule has 5 nitrogen and oxygen atoms in total. The van der Waals surface area contributed by atoms with E-state index in [2.05, 4.69) is 4.98 Å². The first-order valence-electron chi connectivity index (χ1n) is 7.72. The summed E-state index contributed by atoms with van der Waals surface area (Å²) in [6, 6.07) is 3.87. The van der Waals surface area contributed by atoms with Gasteiger partial charge in [0.25, 0.3) is 0 Å². The van der Waals surface area contributed by atoms with Crippen LogP contribution in [0.15, 0.2) is 24.5 Å². The number of pyridine rings is 1. The molecule has 2 N–H and O–H groups in total. The molecule has 1 aliphatic carbocycles. The van der Waals surface area contributed by atoms with Gasteiger partial charge in [0, 0.05) is 31.5 Å². The van der Waals surface area contributed by atoms with Crippen molar-refractivity contribution in [3.8, 4) is 0 Å². The minimum absolute atomic E-state index is 0.143. The lowest BCUT2D eigenvalue weighted by atomic mass is 9.95. The van der Waals surface area contributed by atoms with Gasteiger partial charge in [-0.25, -0.2) is 8.42 Å². The summed E-state index contributed by atoms with van der Waals surface area (Å²) in [5, 5.41) is 0. The van der Waals surface area contributed by atoms with Crippen LogP contribution in [-0.2, 0) is 16.4 Å². The van der Waals surface area contributed by atoms with E-state index in [1.165, 1.54) is 6.42 Å². The number of aryl methyl sites for hydroxylation is 1. The molecule has 1 saturated carbocycles. The first-order chi connectivity index (χ1) is 10.1. The van der Waals surface area contributed by atoms with Gasteiger partial charge in [-0.3, -0.25) is 4.98 Å². The summed E-state index contributed by atoms with van der Waals surface area (Å²) in [5.41, 5.74) is 6.63. The molecule has 0 saturated heterocycles. The molecule has 0 bridgehead atoms. The Kier molecular flexibility index (Phi) is 6.14. The molecule has 1 aliphatic rings. The summed E-state index contributed by atoms with van der Waals surface area (Å²) in [7, 11) is -3.25. The van der Waals surface area contributed by atoms with E-state index >= 15 is 0 Å². The van der Waals surface area contributed by atoms with Crippen LogP contribution < -0.4 is 5.73 Å². The van der Waals surface area contributed by atoms with E-state index in [-0.39, 0.29) is 11.8 Å². The lowest BCUT2D eigenvalue weighted by molar-refractivity contribution is 0.257. The molecule has 6 heteroatoms. The molecule has 0 spiro atoms. The zero-order valence-corrected chi connectivity index (χ0v) is 13.3.